The van der Waals surface area contributed by atoms with Crippen molar-refractivity contribution in [2.45, 2.75) is 53.1 Å². The molecule has 3 amide bonds. The fraction of sp³-hybridized carbons (Fsp3) is 0.281. The standard InChI is InChI=1S/C32H32ClF3N4O4/c1-4-5-13-40-27-12-10-23(38-30(42)25-14-20(9-11-26(25)33)18-37-29(41)19(2)3)15-21(27)16-28(40)31(43)39-22-7-6-8-24(17-22)44-32(34,35)36/h6-12,14-17,19H,4-5,13,18H2,1-3H3,(H,37,41)(H,38,42)(H,39,43). The molecule has 8 nitrogen and oxygen atoms in total. The molecule has 232 valence electrons. The Bertz CT molecular complexity index is 1680. The molecule has 1 heterocycles. The first kappa shape index (κ1) is 32.4. The van der Waals surface area contributed by atoms with E-state index in [0.29, 0.717) is 28.9 Å². The fourth-order valence-corrected chi connectivity index (χ4v) is 4.71. The molecule has 1 aromatic heterocycles. The topological polar surface area (TPSA) is 101 Å². The maximum absolute atomic E-state index is 13.3. The molecule has 4 aromatic rings. The smallest absolute Gasteiger partial charge is 0.406 e. The predicted molar refractivity (Wildman–Crippen MR) is 164 cm³/mol. The van der Waals surface area contributed by atoms with Gasteiger partial charge in [0.1, 0.15) is 11.4 Å². The van der Waals surface area contributed by atoms with Crippen molar-refractivity contribution in [1.82, 2.24) is 9.88 Å². The summed E-state index contributed by atoms with van der Waals surface area (Å²) in [6.45, 7) is 6.37. The van der Waals surface area contributed by atoms with Gasteiger partial charge in [0.2, 0.25) is 5.91 Å². The van der Waals surface area contributed by atoms with Crippen molar-refractivity contribution in [2.75, 3.05) is 10.6 Å². The summed E-state index contributed by atoms with van der Waals surface area (Å²) in [5.74, 6) is -1.70. The number of carbonyl (C=O) groups excluding carboxylic acids is 3. The van der Waals surface area contributed by atoms with Crippen LogP contribution in [0.15, 0.2) is 66.7 Å². The number of alkyl halides is 3. The molecule has 3 aromatic carbocycles. The second kappa shape index (κ2) is 13.9. The molecule has 0 bridgehead atoms. The highest BCUT2D eigenvalue weighted by molar-refractivity contribution is 6.34. The zero-order valence-corrected chi connectivity index (χ0v) is 25.1. The molecule has 0 unspecified atom stereocenters. The average Bonchev–Trinajstić information content (AvgIpc) is 3.32. The van der Waals surface area contributed by atoms with Crippen LogP contribution < -0.4 is 20.7 Å². The summed E-state index contributed by atoms with van der Waals surface area (Å²) in [7, 11) is 0. The van der Waals surface area contributed by atoms with E-state index in [-0.39, 0.29) is 34.6 Å². The van der Waals surface area contributed by atoms with Crippen LogP contribution in [0.4, 0.5) is 24.5 Å². The summed E-state index contributed by atoms with van der Waals surface area (Å²) in [5, 5.41) is 9.22. The monoisotopic (exact) mass is 628 g/mol. The van der Waals surface area contributed by atoms with Gasteiger partial charge in [-0.05, 0) is 60.5 Å². The van der Waals surface area contributed by atoms with Gasteiger partial charge in [0.05, 0.1) is 10.6 Å². The Morgan fingerprint density at radius 1 is 0.932 bits per heavy atom. The number of benzene rings is 3. The molecule has 0 aliphatic heterocycles. The van der Waals surface area contributed by atoms with Crippen molar-refractivity contribution in [3.8, 4) is 5.75 Å². The van der Waals surface area contributed by atoms with Crippen molar-refractivity contribution < 1.29 is 32.3 Å². The predicted octanol–water partition coefficient (Wildman–Crippen LogP) is 7.77. The van der Waals surface area contributed by atoms with Gasteiger partial charge in [-0.25, -0.2) is 0 Å². The Morgan fingerprint density at radius 2 is 1.66 bits per heavy atom. The summed E-state index contributed by atoms with van der Waals surface area (Å²) in [6.07, 6.45) is -3.21. The molecule has 0 atom stereocenters. The van der Waals surface area contributed by atoms with Crippen molar-refractivity contribution >= 4 is 51.6 Å². The lowest BCUT2D eigenvalue weighted by Gasteiger charge is -2.13. The number of anilines is 2. The van der Waals surface area contributed by atoms with E-state index >= 15 is 0 Å². The number of rotatable bonds is 11. The van der Waals surface area contributed by atoms with Gasteiger partial charge in [-0.1, -0.05) is 50.9 Å². The van der Waals surface area contributed by atoms with Gasteiger partial charge in [-0.2, -0.15) is 0 Å². The van der Waals surface area contributed by atoms with Crippen LogP contribution in [-0.4, -0.2) is 28.7 Å². The first-order valence-electron chi connectivity index (χ1n) is 14.0. The number of carbonyl (C=O) groups is 3. The molecule has 0 saturated heterocycles. The zero-order valence-electron chi connectivity index (χ0n) is 24.3. The van der Waals surface area contributed by atoms with E-state index in [4.69, 9.17) is 11.6 Å². The van der Waals surface area contributed by atoms with E-state index in [1.54, 1.807) is 56.3 Å². The quantitative estimate of drug-likeness (QED) is 0.158. The van der Waals surface area contributed by atoms with Crippen LogP contribution >= 0.6 is 11.6 Å². The second-order valence-corrected chi connectivity index (χ2v) is 10.9. The van der Waals surface area contributed by atoms with E-state index in [0.717, 1.165) is 30.5 Å². The summed E-state index contributed by atoms with van der Waals surface area (Å²) < 4.78 is 43.8. The first-order chi connectivity index (χ1) is 20.8. The molecule has 4 rings (SSSR count). The number of ether oxygens (including phenoxy) is 1. The van der Waals surface area contributed by atoms with Crippen molar-refractivity contribution in [3.05, 3.63) is 88.6 Å². The van der Waals surface area contributed by atoms with Crippen LogP contribution in [0, 0.1) is 5.92 Å². The minimum absolute atomic E-state index is 0.109. The Kier molecular flexibility index (Phi) is 10.2. The lowest BCUT2D eigenvalue weighted by Crippen LogP contribution is -2.27. The number of nitrogens with one attached hydrogen (secondary N) is 3. The number of hydrogen-bond acceptors (Lipinski definition) is 4. The van der Waals surface area contributed by atoms with Crippen molar-refractivity contribution in [1.29, 1.82) is 0 Å². The number of nitrogens with zero attached hydrogens (tertiary/aromatic N) is 1. The molecular weight excluding hydrogens is 597 g/mol. The van der Waals surface area contributed by atoms with Crippen molar-refractivity contribution in [3.63, 3.8) is 0 Å². The Labute approximate surface area is 257 Å². The zero-order chi connectivity index (χ0) is 32.0. The van der Waals surface area contributed by atoms with Crippen LogP contribution in [0.1, 0.15) is 60.0 Å². The van der Waals surface area contributed by atoms with Crippen LogP contribution in [0.5, 0.6) is 5.75 Å². The summed E-state index contributed by atoms with van der Waals surface area (Å²) in [6, 6.07) is 16.9. The lowest BCUT2D eigenvalue weighted by molar-refractivity contribution is -0.274. The fourth-order valence-electron chi connectivity index (χ4n) is 4.51. The molecule has 0 radical (unpaired) electrons. The van der Waals surface area contributed by atoms with E-state index in [1.165, 1.54) is 12.1 Å². The third-order valence-electron chi connectivity index (χ3n) is 6.72. The van der Waals surface area contributed by atoms with Crippen LogP contribution in [-0.2, 0) is 17.9 Å². The van der Waals surface area contributed by atoms with Crippen LogP contribution in [0.3, 0.4) is 0 Å². The summed E-state index contributed by atoms with van der Waals surface area (Å²) in [4.78, 5) is 38.4. The highest BCUT2D eigenvalue weighted by Crippen LogP contribution is 2.28. The number of unbranched alkanes of at least 4 members (excludes halogenated alkanes) is 1. The Hall–Kier alpha value is -4.51. The number of aromatic nitrogens is 1. The summed E-state index contributed by atoms with van der Waals surface area (Å²) >= 11 is 6.32. The van der Waals surface area contributed by atoms with E-state index < -0.39 is 23.9 Å². The van der Waals surface area contributed by atoms with Crippen LogP contribution in [0.2, 0.25) is 5.02 Å². The Morgan fingerprint density at radius 3 is 2.36 bits per heavy atom. The van der Waals surface area contributed by atoms with Gasteiger partial charge >= 0.3 is 6.36 Å². The number of amides is 3. The number of aryl methyl sites for hydroxylation is 1. The molecule has 44 heavy (non-hydrogen) atoms. The lowest BCUT2D eigenvalue weighted by atomic mass is 10.1. The molecule has 0 saturated carbocycles. The molecule has 0 fully saturated rings. The third-order valence-corrected chi connectivity index (χ3v) is 7.05. The second-order valence-electron chi connectivity index (χ2n) is 10.5. The maximum Gasteiger partial charge on any atom is 0.573 e. The van der Waals surface area contributed by atoms with Gasteiger partial charge in [0.25, 0.3) is 11.8 Å². The highest BCUT2D eigenvalue weighted by Gasteiger charge is 2.31. The van der Waals surface area contributed by atoms with Crippen molar-refractivity contribution in [2.24, 2.45) is 5.92 Å². The minimum Gasteiger partial charge on any atom is -0.406 e. The van der Waals surface area contributed by atoms with E-state index in [1.807, 2.05) is 11.5 Å². The number of hydrogen-bond donors (Lipinski definition) is 3. The largest absolute Gasteiger partial charge is 0.573 e. The third kappa shape index (κ3) is 8.31. The Balaban J connectivity index is 1.56. The molecule has 0 spiro atoms. The SMILES string of the molecule is CCCCn1c(C(=O)Nc2cccc(OC(F)(F)F)c2)cc2cc(NC(=O)c3cc(CNC(=O)C(C)C)ccc3Cl)ccc21. The van der Waals surface area contributed by atoms with Gasteiger partial charge in [0.15, 0.2) is 0 Å². The average molecular weight is 629 g/mol. The van der Waals surface area contributed by atoms with E-state index in [2.05, 4.69) is 20.7 Å². The minimum atomic E-state index is -4.86. The molecule has 0 aliphatic rings. The van der Waals surface area contributed by atoms with Crippen LogP contribution in [0.25, 0.3) is 10.9 Å². The molecule has 12 heteroatoms. The number of fused-ring (bicyclic) bond motifs is 1. The van der Waals surface area contributed by atoms with E-state index in [9.17, 15) is 27.6 Å². The maximum atomic E-state index is 13.3. The van der Waals surface area contributed by atoms with Gasteiger partial charge in [-0.15, -0.1) is 13.2 Å². The number of halogens is 4. The van der Waals surface area contributed by atoms with Gasteiger partial charge in [0, 0.05) is 47.4 Å². The van der Waals surface area contributed by atoms with Gasteiger partial charge < -0.3 is 25.3 Å². The van der Waals surface area contributed by atoms with Gasteiger partial charge in [-0.3, -0.25) is 14.4 Å². The molecular formula is C32H32ClF3N4O4. The normalized spacial score (nSPS) is 11.5. The summed E-state index contributed by atoms with van der Waals surface area (Å²) in [5.41, 5.74) is 2.60. The molecule has 3 N–H and O–H groups in total. The highest BCUT2D eigenvalue weighted by atomic mass is 35.5. The molecule has 0 aliphatic carbocycles. The first-order valence-corrected chi connectivity index (χ1v) is 14.4.